The Morgan fingerprint density at radius 2 is 2.10 bits per heavy atom. The summed E-state index contributed by atoms with van der Waals surface area (Å²) in [5.74, 6) is 0.848. The number of carbonyl (C=O) groups is 1. The summed E-state index contributed by atoms with van der Waals surface area (Å²) in [6.07, 6.45) is 5.77. The lowest BCUT2D eigenvalue weighted by atomic mass is 10.0. The number of amides is 1. The first-order valence-corrected chi connectivity index (χ1v) is 11.6. The van der Waals surface area contributed by atoms with E-state index in [0.29, 0.717) is 18.2 Å². The average Bonchev–Trinajstić information content (AvgIpc) is 2.73. The average molecular weight is 432 g/mol. The number of nitrogens with one attached hydrogen (secondary N) is 1. The van der Waals surface area contributed by atoms with E-state index in [1.807, 2.05) is 18.2 Å². The predicted molar refractivity (Wildman–Crippen MR) is 112 cm³/mol. The number of benzene rings is 1. The quantitative estimate of drug-likeness (QED) is 0.718. The van der Waals surface area contributed by atoms with Crippen LogP contribution in [0.25, 0.3) is 0 Å². The molecule has 1 fully saturated rings. The Balaban J connectivity index is 1.85. The molecular formula is C21H25N3O5S. The van der Waals surface area contributed by atoms with Gasteiger partial charge in [0.25, 0.3) is 5.91 Å². The van der Waals surface area contributed by atoms with Crippen LogP contribution in [-0.4, -0.2) is 49.8 Å². The summed E-state index contributed by atoms with van der Waals surface area (Å²) in [6.45, 7) is 2.93. The molecule has 8 nitrogen and oxygen atoms in total. The Kier molecular flexibility index (Phi) is 7.17. The minimum absolute atomic E-state index is 0.0469. The number of sulfone groups is 1. The standard InChI is InChI=1S/C21H25N3O5S/c1-15(10-12-30(2,26)27)23-20(25)18-13-22-19(16-7-6-11-28-14-16)24-21(18)29-17-8-4-3-5-9-17/h3-5,8-10,12-13,15-16H,6-7,11,14H2,1-2H3,(H,23,25)/b12-10+/t15-,16?/m0/s1. The molecule has 2 heterocycles. The fraction of sp³-hybridized carbons (Fsp3) is 0.381. The van der Waals surface area contributed by atoms with Gasteiger partial charge in [-0.05, 0) is 31.9 Å². The molecule has 0 bridgehead atoms. The minimum atomic E-state index is -3.28. The van der Waals surface area contributed by atoms with Crippen molar-refractivity contribution in [3.63, 3.8) is 0 Å². The van der Waals surface area contributed by atoms with Crippen LogP contribution in [0, 0.1) is 0 Å². The first kappa shape index (κ1) is 21.9. The molecule has 0 saturated carbocycles. The fourth-order valence-corrected chi connectivity index (χ4v) is 3.47. The third-order valence-corrected chi connectivity index (χ3v) is 5.12. The molecule has 1 aliphatic heterocycles. The topological polar surface area (TPSA) is 107 Å². The molecule has 0 spiro atoms. The highest BCUT2D eigenvalue weighted by Gasteiger charge is 2.23. The zero-order chi connectivity index (χ0) is 21.6. The van der Waals surface area contributed by atoms with Gasteiger partial charge in [-0.25, -0.2) is 13.4 Å². The maximum absolute atomic E-state index is 12.8. The van der Waals surface area contributed by atoms with Crippen LogP contribution in [0.15, 0.2) is 48.0 Å². The zero-order valence-corrected chi connectivity index (χ0v) is 17.8. The largest absolute Gasteiger partial charge is 0.438 e. The molecule has 3 rings (SSSR count). The molecule has 1 aromatic heterocycles. The maximum atomic E-state index is 12.8. The van der Waals surface area contributed by atoms with Gasteiger partial charge >= 0.3 is 0 Å². The van der Waals surface area contributed by atoms with Gasteiger partial charge in [-0.1, -0.05) is 24.3 Å². The van der Waals surface area contributed by atoms with Gasteiger partial charge in [0.15, 0.2) is 9.84 Å². The van der Waals surface area contributed by atoms with Crippen molar-refractivity contribution in [2.45, 2.75) is 31.7 Å². The Labute approximate surface area is 176 Å². The lowest BCUT2D eigenvalue weighted by Crippen LogP contribution is -2.32. The highest BCUT2D eigenvalue weighted by Crippen LogP contribution is 2.28. The Bertz CT molecular complexity index is 1000. The highest BCUT2D eigenvalue weighted by molar-refractivity contribution is 7.93. The SMILES string of the molecule is C[C@@H](/C=C/S(C)(=O)=O)NC(=O)c1cnc(C2CCCOC2)nc1Oc1ccccc1. The van der Waals surface area contributed by atoms with E-state index < -0.39 is 21.8 Å². The van der Waals surface area contributed by atoms with Gasteiger partial charge in [0.1, 0.15) is 17.1 Å². The number of carbonyl (C=O) groups excluding carboxylic acids is 1. The lowest BCUT2D eigenvalue weighted by molar-refractivity contribution is 0.0778. The van der Waals surface area contributed by atoms with Crippen molar-refractivity contribution in [2.75, 3.05) is 19.5 Å². The summed E-state index contributed by atoms with van der Waals surface area (Å²) in [5, 5.41) is 3.78. The highest BCUT2D eigenvalue weighted by atomic mass is 32.2. The zero-order valence-electron chi connectivity index (χ0n) is 16.9. The summed E-state index contributed by atoms with van der Waals surface area (Å²) in [6, 6.07) is 8.54. The number of rotatable bonds is 7. The molecule has 0 radical (unpaired) electrons. The normalized spacial score (nSPS) is 18.1. The second-order valence-electron chi connectivity index (χ2n) is 7.20. The first-order chi connectivity index (χ1) is 14.3. The van der Waals surface area contributed by atoms with Crippen LogP contribution in [0.1, 0.15) is 41.9 Å². The third-order valence-electron chi connectivity index (χ3n) is 4.47. The molecule has 160 valence electrons. The van der Waals surface area contributed by atoms with Crippen LogP contribution in [-0.2, 0) is 14.6 Å². The molecule has 0 aliphatic carbocycles. The van der Waals surface area contributed by atoms with Crippen LogP contribution < -0.4 is 10.1 Å². The second-order valence-corrected chi connectivity index (χ2v) is 9.13. The van der Waals surface area contributed by atoms with Gasteiger partial charge in [0.2, 0.25) is 5.88 Å². The van der Waals surface area contributed by atoms with Crippen LogP contribution in [0.5, 0.6) is 11.6 Å². The van der Waals surface area contributed by atoms with Crippen molar-refractivity contribution in [1.29, 1.82) is 0 Å². The van der Waals surface area contributed by atoms with E-state index in [1.165, 1.54) is 12.3 Å². The summed E-state index contributed by atoms with van der Waals surface area (Å²) in [4.78, 5) is 21.7. The Hall–Kier alpha value is -2.78. The number of para-hydroxylation sites is 1. The number of aromatic nitrogens is 2. The van der Waals surface area contributed by atoms with Crippen LogP contribution >= 0.6 is 0 Å². The van der Waals surface area contributed by atoms with Gasteiger partial charge in [-0.3, -0.25) is 4.79 Å². The molecule has 1 aromatic carbocycles. The molecule has 30 heavy (non-hydrogen) atoms. The molecule has 1 N–H and O–H groups in total. The first-order valence-electron chi connectivity index (χ1n) is 9.68. The Morgan fingerprint density at radius 1 is 1.33 bits per heavy atom. The molecule has 1 aliphatic rings. The van der Waals surface area contributed by atoms with Gasteiger partial charge < -0.3 is 14.8 Å². The smallest absolute Gasteiger partial charge is 0.258 e. The van der Waals surface area contributed by atoms with E-state index in [4.69, 9.17) is 9.47 Å². The number of nitrogens with zero attached hydrogens (tertiary/aromatic N) is 2. The molecule has 2 atom stereocenters. The monoisotopic (exact) mass is 431 g/mol. The van der Waals surface area contributed by atoms with Crippen LogP contribution in [0.3, 0.4) is 0 Å². The molecule has 1 unspecified atom stereocenters. The lowest BCUT2D eigenvalue weighted by Gasteiger charge is -2.21. The van der Waals surface area contributed by atoms with Crippen molar-refractivity contribution >= 4 is 15.7 Å². The van der Waals surface area contributed by atoms with E-state index >= 15 is 0 Å². The van der Waals surface area contributed by atoms with Crippen molar-refractivity contribution in [3.8, 4) is 11.6 Å². The molecule has 2 aromatic rings. The van der Waals surface area contributed by atoms with Crippen LogP contribution in [0.2, 0.25) is 0 Å². The van der Waals surface area contributed by atoms with Crippen molar-refractivity contribution in [2.24, 2.45) is 0 Å². The van der Waals surface area contributed by atoms with Gasteiger partial charge in [0.05, 0.1) is 6.61 Å². The Morgan fingerprint density at radius 3 is 2.77 bits per heavy atom. The fourth-order valence-electron chi connectivity index (χ4n) is 2.95. The number of ether oxygens (including phenoxy) is 2. The summed E-state index contributed by atoms with van der Waals surface area (Å²) < 4.78 is 34.0. The van der Waals surface area contributed by atoms with E-state index in [-0.39, 0.29) is 17.4 Å². The summed E-state index contributed by atoms with van der Waals surface area (Å²) >= 11 is 0. The predicted octanol–water partition coefficient (Wildman–Crippen LogP) is 2.84. The second kappa shape index (κ2) is 9.82. The molecule has 9 heteroatoms. The maximum Gasteiger partial charge on any atom is 0.258 e. The minimum Gasteiger partial charge on any atom is -0.438 e. The van der Waals surface area contributed by atoms with Crippen molar-refractivity contribution < 1.29 is 22.7 Å². The third kappa shape index (κ3) is 6.36. The number of hydrogen-bond donors (Lipinski definition) is 1. The van der Waals surface area contributed by atoms with Gasteiger partial charge in [-0.15, -0.1) is 0 Å². The van der Waals surface area contributed by atoms with E-state index in [9.17, 15) is 13.2 Å². The van der Waals surface area contributed by atoms with Crippen LogP contribution in [0.4, 0.5) is 0 Å². The van der Waals surface area contributed by atoms with Gasteiger partial charge in [0, 0.05) is 36.4 Å². The van der Waals surface area contributed by atoms with E-state index in [1.54, 1.807) is 19.1 Å². The van der Waals surface area contributed by atoms with Crippen molar-refractivity contribution in [1.82, 2.24) is 15.3 Å². The number of hydrogen-bond acceptors (Lipinski definition) is 7. The molecule has 1 saturated heterocycles. The van der Waals surface area contributed by atoms with Crippen molar-refractivity contribution in [3.05, 3.63) is 59.4 Å². The molecular weight excluding hydrogens is 406 g/mol. The van der Waals surface area contributed by atoms with Gasteiger partial charge in [-0.2, -0.15) is 4.98 Å². The summed E-state index contributed by atoms with van der Waals surface area (Å²) in [5.41, 5.74) is 0.166. The summed E-state index contributed by atoms with van der Waals surface area (Å²) in [7, 11) is -3.28. The van der Waals surface area contributed by atoms with E-state index in [2.05, 4.69) is 15.3 Å². The van der Waals surface area contributed by atoms with E-state index in [0.717, 1.165) is 31.1 Å². The molecule has 1 amide bonds.